The number of carbonyl (C=O) groups is 2. The number of thiocyanates is 1. The summed E-state index contributed by atoms with van der Waals surface area (Å²) in [6, 6.07) is 0.124. The number of thiazole rings is 1. The number of thioether (sulfide) groups is 1. The van der Waals surface area contributed by atoms with E-state index in [1.165, 1.54) is 17.8 Å². The van der Waals surface area contributed by atoms with Crippen LogP contribution in [0.1, 0.15) is 45.4 Å². The quantitative estimate of drug-likeness (QED) is 0.625. The van der Waals surface area contributed by atoms with Gasteiger partial charge in [0.05, 0.1) is 16.4 Å². The molecule has 0 radical (unpaired) electrons. The van der Waals surface area contributed by atoms with Crippen molar-refractivity contribution in [1.29, 1.82) is 5.26 Å². The summed E-state index contributed by atoms with van der Waals surface area (Å²) < 4.78 is 0.760. The van der Waals surface area contributed by atoms with E-state index >= 15 is 0 Å². The highest BCUT2D eigenvalue weighted by molar-refractivity contribution is 8.05. The minimum atomic E-state index is -0.143. The molecule has 2 fully saturated rings. The van der Waals surface area contributed by atoms with Crippen molar-refractivity contribution in [3.63, 3.8) is 0 Å². The van der Waals surface area contributed by atoms with E-state index in [-0.39, 0.29) is 24.0 Å². The van der Waals surface area contributed by atoms with Crippen LogP contribution in [0.5, 0.6) is 0 Å². The molecular weight excluding hydrogens is 370 g/mol. The van der Waals surface area contributed by atoms with E-state index in [9.17, 15) is 9.59 Å². The minimum absolute atomic E-state index is 0.0508. The smallest absolute Gasteiger partial charge is 0.324 e. The summed E-state index contributed by atoms with van der Waals surface area (Å²) in [5.74, 6) is 0.0644. The fourth-order valence-corrected chi connectivity index (χ4v) is 5.06. The lowest BCUT2D eigenvalue weighted by Crippen LogP contribution is -2.51. The second kappa shape index (κ2) is 8.73. The third-order valence-corrected chi connectivity index (χ3v) is 6.65. The van der Waals surface area contributed by atoms with Crippen LogP contribution in [-0.4, -0.2) is 51.9 Å². The predicted octanol–water partition coefficient (Wildman–Crippen LogP) is 3.50. The maximum Gasteiger partial charge on any atom is 0.324 e. The van der Waals surface area contributed by atoms with Gasteiger partial charge >= 0.3 is 6.03 Å². The summed E-state index contributed by atoms with van der Waals surface area (Å²) in [6.07, 6.45) is 7.94. The van der Waals surface area contributed by atoms with Crippen LogP contribution in [0.3, 0.4) is 0 Å². The highest BCUT2D eigenvalue weighted by Crippen LogP contribution is 2.30. The lowest BCUT2D eigenvalue weighted by Gasteiger charge is -2.38. The molecule has 0 bridgehead atoms. The fourth-order valence-electron chi connectivity index (χ4n) is 3.81. The first-order valence-electron chi connectivity index (χ1n) is 8.95. The average Bonchev–Trinajstić information content (AvgIpc) is 3.27. The Balaban J connectivity index is 1.72. The van der Waals surface area contributed by atoms with Crippen molar-refractivity contribution in [1.82, 2.24) is 14.8 Å². The highest BCUT2D eigenvalue weighted by atomic mass is 32.2. The number of hydrogen-bond donors (Lipinski definition) is 1. The van der Waals surface area contributed by atoms with Gasteiger partial charge in [-0.05, 0) is 19.3 Å². The predicted molar refractivity (Wildman–Crippen MR) is 102 cm³/mol. The molecular formula is C17H23N5O2S2. The van der Waals surface area contributed by atoms with Crippen molar-refractivity contribution in [2.24, 2.45) is 0 Å². The van der Waals surface area contributed by atoms with E-state index in [2.05, 4.69) is 10.3 Å². The molecule has 1 aromatic rings. The molecule has 26 heavy (non-hydrogen) atoms. The SMILES string of the molecule is CC(=O)N1CC[C@H](N(C(=O)Nc2ncc(SC#N)s2)C2CCCCC2)C1. The van der Waals surface area contributed by atoms with Gasteiger partial charge in [0.1, 0.15) is 5.40 Å². The molecule has 9 heteroatoms. The molecule has 2 aliphatic rings. The third kappa shape index (κ3) is 4.48. The number of hydrogen-bond acceptors (Lipinski definition) is 6. The van der Waals surface area contributed by atoms with Crippen molar-refractivity contribution in [2.45, 2.75) is 61.7 Å². The lowest BCUT2D eigenvalue weighted by molar-refractivity contribution is -0.127. The monoisotopic (exact) mass is 393 g/mol. The van der Waals surface area contributed by atoms with Crippen molar-refractivity contribution in [3.05, 3.63) is 6.20 Å². The Bertz CT molecular complexity index is 696. The zero-order valence-electron chi connectivity index (χ0n) is 14.8. The number of nitrogens with one attached hydrogen (secondary N) is 1. The van der Waals surface area contributed by atoms with Gasteiger partial charge in [0.2, 0.25) is 5.91 Å². The maximum absolute atomic E-state index is 13.0. The molecule has 0 unspecified atom stereocenters. The number of amides is 3. The molecule has 0 aromatic carbocycles. The third-order valence-electron chi connectivity index (χ3n) is 5.05. The second-order valence-corrected chi connectivity index (χ2v) is 8.83. The number of aromatic nitrogens is 1. The van der Waals surface area contributed by atoms with Crippen molar-refractivity contribution >= 4 is 40.2 Å². The standard InChI is InChI=1S/C17H23N5O2S2/c1-12(23)21-8-7-14(10-21)22(13-5-3-2-4-6-13)17(24)20-16-19-9-15(26-16)25-11-18/h9,13-14H,2-8,10H2,1H3,(H,19,20,24)/t14-/m0/s1. The zero-order chi connectivity index (χ0) is 18.5. The minimum Gasteiger partial charge on any atom is -0.341 e. The van der Waals surface area contributed by atoms with Gasteiger partial charge in [0.25, 0.3) is 0 Å². The van der Waals surface area contributed by atoms with E-state index in [1.807, 2.05) is 15.2 Å². The van der Waals surface area contributed by atoms with Crippen LogP contribution in [0.25, 0.3) is 0 Å². The molecule has 3 amide bonds. The zero-order valence-corrected chi connectivity index (χ0v) is 16.4. The number of nitrogens with zero attached hydrogens (tertiary/aromatic N) is 4. The number of likely N-dealkylation sites (tertiary alicyclic amines) is 1. The van der Waals surface area contributed by atoms with Gasteiger partial charge in [-0.3, -0.25) is 10.1 Å². The van der Waals surface area contributed by atoms with E-state index in [0.29, 0.717) is 18.2 Å². The second-order valence-electron chi connectivity index (χ2n) is 6.71. The Morgan fingerprint density at radius 2 is 2.12 bits per heavy atom. The van der Waals surface area contributed by atoms with Gasteiger partial charge in [0, 0.05) is 37.8 Å². The average molecular weight is 394 g/mol. The maximum atomic E-state index is 13.0. The van der Waals surface area contributed by atoms with Crippen LogP contribution in [0.2, 0.25) is 0 Å². The Morgan fingerprint density at radius 1 is 1.35 bits per heavy atom. The van der Waals surface area contributed by atoms with Crippen LogP contribution in [0.15, 0.2) is 10.4 Å². The van der Waals surface area contributed by atoms with E-state index < -0.39 is 0 Å². The Kier molecular flexibility index (Phi) is 6.38. The summed E-state index contributed by atoms with van der Waals surface area (Å²) in [4.78, 5) is 32.7. The topological polar surface area (TPSA) is 89.3 Å². The Hall–Kier alpha value is -1.79. The van der Waals surface area contributed by atoms with Crippen LogP contribution in [-0.2, 0) is 4.79 Å². The molecule has 0 spiro atoms. The molecule has 1 aliphatic carbocycles. The highest BCUT2D eigenvalue weighted by Gasteiger charge is 2.36. The van der Waals surface area contributed by atoms with Gasteiger partial charge in [-0.15, -0.1) is 0 Å². The van der Waals surface area contributed by atoms with Gasteiger partial charge in [-0.1, -0.05) is 30.6 Å². The van der Waals surface area contributed by atoms with E-state index in [1.54, 1.807) is 13.1 Å². The van der Waals surface area contributed by atoms with Crippen molar-refractivity contribution in [2.75, 3.05) is 18.4 Å². The van der Waals surface area contributed by atoms with Crippen LogP contribution in [0, 0.1) is 10.7 Å². The molecule has 2 heterocycles. The van der Waals surface area contributed by atoms with Gasteiger partial charge < -0.3 is 9.80 Å². The number of urea groups is 1. The largest absolute Gasteiger partial charge is 0.341 e. The van der Waals surface area contributed by atoms with Crippen LogP contribution in [0.4, 0.5) is 9.93 Å². The molecule has 1 atom stereocenters. The summed E-state index contributed by atoms with van der Waals surface area (Å²) >= 11 is 2.35. The summed E-state index contributed by atoms with van der Waals surface area (Å²) in [7, 11) is 0. The first kappa shape index (κ1) is 19.0. The van der Waals surface area contributed by atoms with Crippen LogP contribution < -0.4 is 5.32 Å². The van der Waals surface area contributed by atoms with Gasteiger partial charge in [-0.25, -0.2) is 9.78 Å². The normalized spacial score (nSPS) is 20.6. The lowest BCUT2D eigenvalue weighted by atomic mass is 9.93. The van der Waals surface area contributed by atoms with Gasteiger partial charge in [0.15, 0.2) is 5.13 Å². The first-order chi connectivity index (χ1) is 12.6. The fraction of sp³-hybridized carbons (Fsp3) is 0.647. The first-order valence-corrected chi connectivity index (χ1v) is 10.6. The molecule has 3 rings (SSSR count). The molecule has 7 nitrogen and oxygen atoms in total. The molecule has 1 saturated heterocycles. The number of carbonyl (C=O) groups excluding carboxylic acids is 2. The number of rotatable bonds is 4. The summed E-state index contributed by atoms with van der Waals surface area (Å²) in [6.45, 7) is 2.89. The van der Waals surface area contributed by atoms with E-state index in [0.717, 1.165) is 48.1 Å². The molecule has 1 N–H and O–H groups in total. The van der Waals surface area contributed by atoms with Crippen molar-refractivity contribution in [3.8, 4) is 5.40 Å². The van der Waals surface area contributed by atoms with Crippen LogP contribution >= 0.6 is 23.1 Å². The molecule has 1 saturated carbocycles. The van der Waals surface area contributed by atoms with Crippen molar-refractivity contribution < 1.29 is 9.59 Å². The summed E-state index contributed by atoms with van der Waals surface area (Å²) in [5.41, 5.74) is 0. The molecule has 1 aliphatic heterocycles. The Morgan fingerprint density at radius 3 is 2.77 bits per heavy atom. The molecule has 1 aromatic heterocycles. The Labute approximate surface area is 161 Å². The number of nitriles is 1. The number of anilines is 1. The van der Waals surface area contributed by atoms with Gasteiger partial charge in [-0.2, -0.15) is 5.26 Å². The van der Waals surface area contributed by atoms with E-state index in [4.69, 9.17) is 5.26 Å². The summed E-state index contributed by atoms with van der Waals surface area (Å²) in [5, 5.41) is 14.2. The molecule has 140 valence electrons.